The Morgan fingerprint density at radius 3 is 2.67 bits per heavy atom. The molecule has 0 fully saturated rings. The van der Waals surface area contributed by atoms with E-state index in [2.05, 4.69) is 47.0 Å². The van der Waals surface area contributed by atoms with E-state index in [4.69, 9.17) is 5.84 Å². The van der Waals surface area contributed by atoms with Gasteiger partial charge in [-0.25, -0.2) is 19.2 Å². The third-order valence-electron chi connectivity index (χ3n) is 2.76. The molecule has 0 atom stereocenters. The van der Waals surface area contributed by atoms with Gasteiger partial charge in [0.05, 0.1) is 5.69 Å². The van der Waals surface area contributed by atoms with Gasteiger partial charge < -0.3 is 5.43 Å². The summed E-state index contributed by atoms with van der Waals surface area (Å²) in [5.74, 6) is 5.39. The minimum Gasteiger partial charge on any atom is -0.307 e. The van der Waals surface area contributed by atoms with Crippen LogP contribution in [0.5, 0.6) is 0 Å². The van der Waals surface area contributed by atoms with Gasteiger partial charge >= 0.3 is 0 Å². The number of halogens is 2. The molecule has 112 valence electrons. The summed E-state index contributed by atoms with van der Waals surface area (Å²) < 4.78 is 28.9. The van der Waals surface area contributed by atoms with Crippen LogP contribution in [-0.4, -0.2) is 13.4 Å². The van der Waals surface area contributed by atoms with Crippen molar-refractivity contribution in [3.05, 3.63) is 45.0 Å². The van der Waals surface area contributed by atoms with Crippen LogP contribution in [0.25, 0.3) is 0 Å². The highest BCUT2D eigenvalue weighted by Crippen LogP contribution is 2.28. The van der Waals surface area contributed by atoms with Crippen LogP contribution < -0.4 is 16.0 Å². The Morgan fingerprint density at radius 1 is 1.29 bits per heavy atom. The van der Waals surface area contributed by atoms with Crippen molar-refractivity contribution >= 4 is 53.4 Å². The predicted octanol–water partition coefficient (Wildman–Crippen LogP) is 3.00. The normalized spacial score (nSPS) is 11.2. The number of aromatic nitrogens is 1. The van der Waals surface area contributed by atoms with Crippen LogP contribution in [0.3, 0.4) is 0 Å². The van der Waals surface area contributed by atoms with Crippen molar-refractivity contribution in [2.75, 3.05) is 10.1 Å². The summed E-state index contributed by atoms with van der Waals surface area (Å²) in [5.41, 5.74) is 3.54. The molecule has 0 aliphatic carbocycles. The largest absolute Gasteiger partial charge is 0.307 e. The maximum atomic E-state index is 12.5. The zero-order valence-electron chi connectivity index (χ0n) is 10.9. The fourth-order valence-corrected chi connectivity index (χ4v) is 3.77. The summed E-state index contributed by atoms with van der Waals surface area (Å²) in [6.07, 6.45) is 1.46. The highest BCUT2D eigenvalue weighted by molar-refractivity contribution is 9.10. The van der Waals surface area contributed by atoms with Gasteiger partial charge in [0.2, 0.25) is 0 Å². The van der Waals surface area contributed by atoms with Crippen molar-refractivity contribution in [3.63, 3.8) is 0 Å². The number of pyridine rings is 1. The first-order valence-corrected chi connectivity index (χ1v) is 8.82. The predicted molar refractivity (Wildman–Crippen MR) is 89.4 cm³/mol. The molecule has 2 aromatic rings. The Balaban J connectivity index is 2.48. The Labute approximate surface area is 139 Å². The summed E-state index contributed by atoms with van der Waals surface area (Å²) in [6, 6.07) is 6.69. The number of nitrogen functional groups attached to an aromatic ring is 1. The van der Waals surface area contributed by atoms with Gasteiger partial charge in [-0.15, -0.1) is 0 Å². The van der Waals surface area contributed by atoms with Crippen LogP contribution in [0.4, 0.5) is 11.5 Å². The Kier molecular flexibility index (Phi) is 4.87. The Bertz CT molecular complexity index is 781. The number of rotatable bonds is 4. The molecule has 0 aliphatic rings. The first kappa shape index (κ1) is 16.2. The molecule has 0 saturated carbocycles. The van der Waals surface area contributed by atoms with Crippen LogP contribution in [0.15, 0.2) is 44.3 Å². The molecule has 2 rings (SSSR count). The monoisotopic (exact) mass is 434 g/mol. The van der Waals surface area contributed by atoms with Gasteiger partial charge in [-0.1, -0.05) is 22.0 Å². The van der Waals surface area contributed by atoms with E-state index in [1.165, 1.54) is 12.3 Å². The summed E-state index contributed by atoms with van der Waals surface area (Å²) in [4.78, 5) is 3.89. The van der Waals surface area contributed by atoms with Crippen LogP contribution in [0, 0.1) is 6.92 Å². The molecule has 9 heteroatoms. The van der Waals surface area contributed by atoms with E-state index in [1.54, 1.807) is 12.1 Å². The summed E-state index contributed by atoms with van der Waals surface area (Å²) in [6.45, 7) is 1.81. The van der Waals surface area contributed by atoms with Gasteiger partial charge in [-0.3, -0.25) is 4.72 Å². The average molecular weight is 436 g/mol. The van der Waals surface area contributed by atoms with Crippen molar-refractivity contribution < 1.29 is 8.42 Å². The smallest absolute Gasteiger partial charge is 0.265 e. The number of nitrogens with zero attached hydrogens (tertiary/aromatic N) is 1. The lowest BCUT2D eigenvalue weighted by Crippen LogP contribution is -2.19. The molecular weight excluding hydrogens is 424 g/mol. The lowest BCUT2D eigenvalue weighted by Gasteiger charge is -2.13. The molecule has 0 amide bonds. The number of nitrogens with two attached hydrogens (primary N) is 1. The molecule has 0 unspecified atom stereocenters. The second kappa shape index (κ2) is 6.30. The van der Waals surface area contributed by atoms with Crippen LogP contribution in [0.2, 0.25) is 0 Å². The van der Waals surface area contributed by atoms with E-state index >= 15 is 0 Å². The summed E-state index contributed by atoms with van der Waals surface area (Å²) >= 11 is 6.56. The third-order valence-corrected chi connectivity index (χ3v) is 5.43. The van der Waals surface area contributed by atoms with E-state index in [0.29, 0.717) is 10.2 Å². The zero-order valence-corrected chi connectivity index (χ0v) is 14.9. The fraction of sp³-hybridized carbons (Fsp3) is 0.0833. The van der Waals surface area contributed by atoms with Crippen molar-refractivity contribution in [1.29, 1.82) is 0 Å². The lowest BCUT2D eigenvalue weighted by molar-refractivity contribution is 0.601. The summed E-state index contributed by atoms with van der Waals surface area (Å²) in [7, 11) is -3.82. The molecule has 6 nitrogen and oxygen atoms in total. The van der Waals surface area contributed by atoms with E-state index in [1.807, 2.05) is 13.0 Å². The molecule has 0 aliphatic heterocycles. The molecule has 21 heavy (non-hydrogen) atoms. The van der Waals surface area contributed by atoms with Gasteiger partial charge in [-0.2, -0.15) is 0 Å². The zero-order chi connectivity index (χ0) is 15.6. The molecule has 0 radical (unpaired) electrons. The topological polar surface area (TPSA) is 97.1 Å². The molecule has 1 heterocycles. The van der Waals surface area contributed by atoms with Crippen LogP contribution >= 0.6 is 31.9 Å². The highest BCUT2D eigenvalue weighted by Gasteiger charge is 2.21. The second-order valence-corrected chi connectivity index (χ2v) is 7.58. The second-order valence-electron chi connectivity index (χ2n) is 4.16. The van der Waals surface area contributed by atoms with Crippen molar-refractivity contribution in [2.24, 2.45) is 5.84 Å². The van der Waals surface area contributed by atoms with Gasteiger partial charge in [0.25, 0.3) is 10.0 Å². The molecular formula is C12H12Br2N4O2S. The number of nitrogens with one attached hydrogen (secondary N) is 2. The third kappa shape index (κ3) is 3.54. The lowest BCUT2D eigenvalue weighted by atomic mass is 10.2. The van der Waals surface area contributed by atoms with Crippen LogP contribution in [-0.2, 0) is 10.0 Å². The standard InChI is InChI=1S/C12H12Br2N4O2S/c1-7-9(14)3-2-4-10(7)18-21(19,20)11-5-8(13)6-16-12(11)17-15/h2-6,18H,15H2,1H3,(H,16,17). The Morgan fingerprint density at radius 2 is 2.00 bits per heavy atom. The first-order chi connectivity index (χ1) is 9.85. The average Bonchev–Trinajstić information content (AvgIpc) is 2.44. The number of benzene rings is 1. The van der Waals surface area contributed by atoms with Gasteiger partial charge in [0, 0.05) is 15.1 Å². The van der Waals surface area contributed by atoms with Crippen molar-refractivity contribution in [2.45, 2.75) is 11.8 Å². The molecule has 0 saturated heterocycles. The van der Waals surface area contributed by atoms with Crippen molar-refractivity contribution in [1.82, 2.24) is 4.98 Å². The molecule has 0 bridgehead atoms. The van der Waals surface area contributed by atoms with E-state index < -0.39 is 10.0 Å². The van der Waals surface area contributed by atoms with E-state index in [0.717, 1.165) is 10.0 Å². The van der Waals surface area contributed by atoms with Crippen LogP contribution in [0.1, 0.15) is 5.56 Å². The van der Waals surface area contributed by atoms with Gasteiger partial charge in [-0.05, 0) is 46.6 Å². The van der Waals surface area contributed by atoms with E-state index in [-0.39, 0.29) is 10.7 Å². The molecule has 1 aromatic heterocycles. The van der Waals surface area contributed by atoms with Crippen molar-refractivity contribution in [3.8, 4) is 0 Å². The molecule has 1 aromatic carbocycles. The number of anilines is 2. The van der Waals surface area contributed by atoms with Gasteiger partial charge in [0.15, 0.2) is 5.82 Å². The molecule has 4 N–H and O–H groups in total. The maximum absolute atomic E-state index is 12.5. The van der Waals surface area contributed by atoms with E-state index in [9.17, 15) is 8.42 Å². The minimum atomic E-state index is -3.82. The SMILES string of the molecule is Cc1c(Br)cccc1NS(=O)(=O)c1cc(Br)cnc1NN. The number of sulfonamides is 1. The fourth-order valence-electron chi connectivity index (χ4n) is 1.65. The van der Waals surface area contributed by atoms with Gasteiger partial charge in [0.1, 0.15) is 4.90 Å². The first-order valence-electron chi connectivity index (χ1n) is 5.75. The highest BCUT2D eigenvalue weighted by atomic mass is 79.9. The number of hydrazine groups is 1. The quantitative estimate of drug-likeness (QED) is 0.506. The Hall–Kier alpha value is -1.16. The summed E-state index contributed by atoms with van der Waals surface area (Å²) in [5, 5.41) is 0. The maximum Gasteiger partial charge on any atom is 0.265 e. The minimum absolute atomic E-state index is 0.0428. The number of hydrogen-bond donors (Lipinski definition) is 3. The number of hydrogen-bond acceptors (Lipinski definition) is 5. The molecule has 0 spiro atoms.